The van der Waals surface area contributed by atoms with E-state index in [-0.39, 0.29) is 6.61 Å². The molecule has 5 nitrogen and oxygen atoms in total. The van der Waals surface area contributed by atoms with Crippen LogP contribution in [0.4, 0.5) is 10.5 Å². The fourth-order valence-electron chi connectivity index (χ4n) is 1.04. The standard InChI is InChI=1S/C11H12N2O3/c1-2-6-16-11(15)13-9-5-3-4-8(7-9)10(12)14/h2-5,7H,1,6H2,(H2,12,14)(H,13,15). The molecule has 3 N–H and O–H groups in total. The molecular formula is C11H12N2O3. The Morgan fingerprint density at radius 2 is 2.25 bits per heavy atom. The topological polar surface area (TPSA) is 81.4 Å². The third-order valence-corrected chi connectivity index (χ3v) is 1.73. The molecule has 0 heterocycles. The van der Waals surface area contributed by atoms with Gasteiger partial charge in [0.05, 0.1) is 0 Å². The van der Waals surface area contributed by atoms with Gasteiger partial charge in [0.1, 0.15) is 6.61 Å². The molecule has 0 aliphatic carbocycles. The molecule has 0 saturated carbocycles. The second kappa shape index (κ2) is 5.55. The third kappa shape index (κ3) is 3.45. The van der Waals surface area contributed by atoms with E-state index in [9.17, 15) is 9.59 Å². The number of ether oxygens (including phenoxy) is 1. The van der Waals surface area contributed by atoms with Gasteiger partial charge in [-0.15, -0.1) is 0 Å². The Hall–Kier alpha value is -2.30. The first-order valence-corrected chi connectivity index (χ1v) is 4.58. The summed E-state index contributed by atoms with van der Waals surface area (Å²) < 4.78 is 4.71. The SMILES string of the molecule is C=CCOC(=O)Nc1cccc(C(N)=O)c1. The highest BCUT2D eigenvalue weighted by Gasteiger charge is 2.04. The van der Waals surface area contributed by atoms with Crippen molar-refractivity contribution in [3.63, 3.8) is 0 Å². The van der Waals surface area contributed by atoms with Crippen molar-refractivity contribution in [2.45, 2.75) is 0 Å². The zero-order valence-electron chi connectivity index (χ0n) is 8.60. The molecule has 0 radical (unpaired) electrons. The second-order valence-corrected chi connectivity index (χ2v) is 2.96. The Labute approximate surface area is 92.9 Å². The Kier molecular flexibility index (Phi) is 4.08. The van der Waals surface area contributed by atoms with E-state index in [4.69, 9.17) is 10.5 Å². The minimum absolute atomic E-state index is 0.126. The number of hydrogen-bond donors (Lipinski definition) is 2. The number of benzene rings is 1. The summed E-state index contributed by atoms with van der Waals surface area (Å²) in [5.41, 5.74) is 5.87. The van der Waals surface area contributed by atoms with Gasteiger partial charge in [0.2, 0.25) is 5.91 Å². The maximum absolute atomic E-state index is 11.2. The van der Waals surface area contributed by atoms with Gasteiger partial charge in [-0.05, 0) is 18.2 Å². The molecule has 0 atom stereocenters. The van der Waals surface area contributed by atoms with Crippen LogP contribution in [0.2, 0.25) is 0 Å². The van der Waals surface area contributed by atoms with E-state index in [0.29, 0.717) is 11.3 Å². The zero-order valence-corrected chi connectivity index (χ0v) is 8.60. The number of anilines is 1. The summed E-state index contributed by atoms with van der Waals surface area (Å²) in [6.07, 6.45) is 0.848. The highest BCUT2D eigenvalue weighted by atomic mass is 16.5. The number of primary amides is 1. The summed E-state index contributed by atoms with van der Waals surface area (Å²) in [7, 11) is 0. The molecule has 5 heteroatoms. The second-order valence-electron chi connectivity index (χ2n) is 2.96. The van der Waals surface area contributed by atoms with Crippen LogP contribution >= 0.6 is 0 Å². The number of carbonyl (C=O) groups is 2. The minimum Gasteiger partial charge on any atom is -0.445 e. The van der Waals surface area contributed by atoms with Gasteiger partial charge < -0.3 is 10.5 Å². The summed E-state index contributed by atoms with van der Waals surface area (Å²) in [5.74, 6) is -0.553. The van der Waals surface area contributed by atoms with Crippen LogP contribution in [0.15, 0.2) is 36.9 Å². The molecule has 0 saturated heterocycles. The fourth-order valence-corrected chi connectivity index (χ4v) is 1.04. The van der Waals surface area contributed by atoms with Crippen molar-refractivity contribution < 1.29 is 14.3 Å². The Bertz CT molecular complexity index is 415. The predicted octanol–water partition coefficient (Wildman–Crippen LogP) is 1.52. The lowest BCUT2D eigenvalue weighted by molar-refractivity contribution is 0.1000. The number of nitrogens with one attached hydrogen (secondary N) is 1. The lowest BCUT2D eigenvalue weighted by atomic mass is 10.2. The van der Waals surface area contributed by atoms with Crippen LogP contribution in [0.1, 0.15) is 10.4 Å². The molecule has 0 spiro atoms. The highest BCUT2D eigenvalue weighted by molar-refractivity contribution is 5.95. The maximum atomic E-state index is 11.2. The van der Waals surface area contributed by atoms with Crippen LogP contribution < -0.4 is 11.1 Å². The van der Waals surface area contributed by atoms with E-state index in [0.717, 1.165) is 0 Å². The Morgan fingerprint density at radius 3 is 2.88 bits per heavy atom. The summed E-state index contributed by atoms with van der Waals surface area (Å²) in [5, 5.41) is 2.46. The summed E-state index contributed by atoms with van der Waals surface area (Å²) in [6, 6.07) is 6.27. The molecule has 2 amide bonds. The van der Waals surface area contributed by atoms with Crippen LogP contribution in [0.5, 0.6) is 0 Å². The highest BCUT2D eigenvalue weighted by Crippen LogP contribution is 2.10. The molecule has 0 aliphatic rings. The van der Waals surface area contributed by atoms with Gasteiger partial charge in [-0.3, -0.25) is 10.1 Å². The van der Waals surface area contributed by atoms with Crippen molar-refractivity contribution in [2.75, 3.05) is 11.9 Å². The number of nitrogens with two attached hydrogens (primary N) is 1. The molecular weight excluding hydrogens is 208 g/mol. The minimum atomic E-state index is -0.610. The van der Waals surface area contributed by atoms with Crippen LogP contribution in [0, 0.1) is 0 Å². The molecule has 0 aromatic heterocycles. The van der Waals surface area contributed by atoms with E-state index in [1.165, 1.54) is 12.1 Å². The summed E-state index contributed by atoms with van der Waals surface area (Å²) in [4.78, 5) is 22.0. The summed E-state index contributed by atoms with van der Waals surface area (Å²) >= 11 is 0. The monoisotopic (exact) mass is 220 g/mol. The average Bonchev–Trinajstić information content (AvgIpc) is 2.26. The van der Waals surface area contributed by atoms with E-state index in [1.807, 2.05) is 0 Å². The first kappa shape index (κ1) is 11.8. The van der Waals surface area contributed by atoms with E-state index in [1.54, 1.807) is 18.2 Å². The molecule has 0 unspecified atom stereocenters. The zero-order chi connectivity index (χ0) is 12.0. The van der Waals surface area contributed by atoms with Crippen molar-refractivity contribution in [3.8, 4) is 0 Å². The first-order chi connectivity index (χ1) is 7.63. The van der Waals surface area contributed by atoms with Gasteiger partial charge in [-0.2, -0.15) is 0 Å². The lowest BCUT2D eigenvalue weighted by Gasteiger charge is -2.05. The fraction of sp³-hybridized carbons (Fsp3) is 0.0909. The Balaban J connectivity index is 2.66. The van der Waals surface area contributed by atoms with E-state index in [2.05, 4.69) is 11.9 Å². The number of rotatable bonds is 4. The largest absolute Gasteiger partial charge is 0.445 e. The van der Waals surface area contributed by atoms with Gasteiger partial charge >= 0.3 is 6.09 Å². The molecule has 1 aromatic rings. The van der Waals surface area contributed by atoms with Crippen molar-refractivity contribution in [2.24, 2.45) is 5.73 Å². The van der Waals surface area contributed by atoms with E-state index < -0.39 is 12.0 Å². The van der Waals surface area contributed by atoms with Gasteiger partial charge in [-0.1, -0.05) is 18.7 Å². The van der Waals surface area contributed by atoms with Crippen molar-refractivity contribution in [3.05, 3.63) is 42.5 Å². The van der Waals surface area contributed by atoms with Crippen LogP contribution in [0.25, 0.3) is 0 Å². The molecule has 0 aliphatic heterocycles. The van der Waals surface area contributed by atoms with Crippen LogP contribution in [-0.4, -0.2) is 18.6 Å². The lowest BCUT2D eigenvalue weighted by Crippen LogP contribution is -2.15. The van der Waals surface area contributed by atoms with Gasteiger partial charge in [-0.25, -0.2) is 4.79 Å². The average molecular weight is 220 g/mol. The third-order valence-electron chi connectivity index (χ3n) is 1.73. The Morgan fingerprint density at radius 1 is 1.50 bits per heavy atom. The summed E-state index contributed by atoms with van der Waals surface area (Å²) in [6.45, 7) is 3.54. The number of hydrogen-bond acceptors (Lipinski definition) is 3. The molecule has 1 rings (SSSR count). The smallest absolute Gasteiger partial charge is 0.411 e. The molecule has 1 aromatic carbocycles. The maximum Gasteiger partial charge on any atom is 0.411 e. The molecule has 84 valence electrons. The van der Waals surface area contributed by atoms with Gasteiger partial charge in [0, 0.05) is 11.3 Å². The van der Waals surface area contributed by atoms with Gasteiger partial charge in [0.25, 0.3) is 0 Å². The molecule has 16 heavy (non-hydrogen) atoms. The van der Waals surface area contributed by atoms with Crippen molar-refractivity contribution >= 4 is 17.7 Å². The number of carbonyl (C=O) groups excluding carboxylic acids is 2. The van der Waals surface area contributed by atoms with Crippen LogP contribution in [0.3, 0.4) is 0 Å². The van der Waals surface area contributed by atoms with Crippen LogP contribution in [-0.2, 0) is 4.74 Å². The van der Waals surface area contributed by atoms with E-state index >= 15 is 0 Å². The van der Waals surface area contributed by atoms with Gasteiger partial charge in [0.15, 0.2) is 0 Å². The molecule has 0 bridgehead atoms. The molecule has 0 fully saturated rings. The van der Waals surface area contributed by atoms with Crippen molar-refractivity contribution in [1.29, 1.82) is 0 Å². The first-order valence-electron chi connectivity index (χ1n) is 4.58. The number of amides is 2. The quantitative estimate of drug-likeness (QED) is 0.755. The predicted molar refractivity (Wildman–Crippen MR) is 60.1 cm³/mol. The normalized spacial score (nSPS) is 9.25. The van der Waals surface area contributed by atoms with Crippen molar-refractivity contribution in [1.82, 2.24) is 0 Å².